The highest BCUT2D eigenvalue weighted by Crippen LogP contribution is 2.18. The predicted molar refractivity (Wildman–Crippen MR) is 63.9 cm³/mol. The van der Waals surface area contributed by atoms with Crippen molar-refractivity contribution in [3.8, 4) is 0 Å². The molecule has 0 aliphatic carbocycles. The summed E-state index contributed by atoms with van der Waals surface area (Å²) in [6.07, 6.45) is 2.33. The molecule has 0 amide bonds. The van der Waals surface area contributed by atoms with Gasteiger partial charge in [-0.05, 0) is 30.7 Å². The lowest BCUT2D eigenvalue weighted by Crippen LogP contribution is -2.19. The van der Waals surface area contributed by atoms with Gasteiger partial charge in [-0.25, -0.2) is 8.42 Å². The van der Waals surface area contributed by atoms with E-state index in [0.717, 1.165) is 12.8 Å². The second-order valence-electron chi connectivity index (χ2n) is 3.56. The first-order chi connectivity index (χ1) is 7.06. The van der Waals surface area contributed by atoms with E-state index in [2.05, 4.69) is 0 Å². The van der Waals surface area contributed by atoms with E-state index >= 15 is 0 Å². The molecule has 1 aromatic heterocycles. The van der Waals surface area contributed by atoms with Gasteiger partial charge in [0.25, 0.3) is 0 Å². The number of hydrogen-bond acceptors (Lipinski definition) is 4. The number of hydrogen-bond donors (Lipinski definition) is 1. The van der Waals surface area contributed by atoms with Crippen molar-refractivity contribution in [1.29, 1.82) is 0 Å². The maximum Gasteiger partial charge on any atom is 0.187 e. The minimum absolute atomic E-state index is 0.128. The maximum atomic E-state index is 11.7. The summed E-state index contributed by atoms with van der Waals surface area (Å²) in [5.74, 6) is 0.210. The van der Waals surface area contributed by atoms with Crippen molar-refractivity contribution in [3.63, 3.8) is 0 Å². The first-order valence-electron chi connectivity index (χ1n) is 5.08. The summed E-state index contributed by atoms with van der Waals surface area (Å²) in [6, 6.07) is 3.54. The van der Waals surface area contributed by atoms with Crippen LogP contribution in [0.3, 0.4) is 0 Å². The largest absolute Gasteiger partial charge is 0.328 e. The third kappa shape index (κ3) is 3.93. The molecule has 0 saturated heterocycles. The van der Waals surface area contributed by atoms with Gasteiger partial charge in [0, 0.05) is 6.04 Å². The van der Waals surface area contributed by atoms with Gasteiger partial charge >= 0.3 is 0 Å². The second kappa shape index (κ2) is 5.63. The van der Waals surface area contributed by atoms with Gasteiger partial charge in [-0.1, -0.05) is 13.0 Å². The Labute approximate surface area is 95.2 Å². The van der Waals surface area contributed by atoms with Crippen molar-refractivity contribution in [2.75, 3.05) is 5.75 Å². The van der Waals surface area contributed by atoms with Crippen LogP contribution in [0.4, 0.5) is 0 Å². The number of sulfone groups is 1. The van der Waals surface area contributed by atoms with E-state index < -0.39 is 9.84 Å². The van der Waals surface area contributed by atoms with Crippen molar-refractivity contribution in [2.45, 2.75) is 36.4 Å². The summed E-state index contributed by atoms with van der Waals surface area (Å²) in [5, 5.41) is 1.78. The zero-order valence-corrected chi connectivity index (χ0v) is 10.5. The standard InChI is InChI=1S/C10H17NO2S2/c1-2-9(11)5-4-8-15(12,13)10-6-3-7-14-10/h3,6-7,9H,2,4-5,8,11H2,1H3. The molecule has 0 aliphatic rings. The smallest absolute Gasteiger partial charge is 0.187 e. The molecule has 5 heteroatoms. The van der Waals surface area contributed by atoms with E-state index in [1.807, 2.05) is 6.92 Å². The fourth-order valence-electron chi connectivity index (χ4n) is 1.28. The average molecular weight is 247 g/mol. The summed E-state index contributed by atoms with van der Waals surface area (Å²) in [7, 11) is -3.06. The van der Waals surface area contributed by atoms with E-state index in [1.165, 1.54) is 11.3 Å². The molecule has 0 radical (unpaired) electrons. The van der Waals surface area contributed by atoms with Crippen LogP contribution in [-0.4, -0.2) is 20.2 Å². The Balaban J connectivity index is 2.45. The monoisotopic (exact) mass is 247 g/mol. The average Bonchev–Trinajstić information content (AvgIpc) is 2.70. The zero-order valence-electron chi connectivity index (χ0n) is 8.85. The Morgan fingerprint density at radius 2 is 2.27 bits per heavy atom. The van der Waals surface area contributed by atoms with Crippen LogP contribution >= 0.6 is 11.3 Å². The van der Waals surface area contributed by atoms with Gasteiger partial charge < -0.3 is 5.73 Å². The van der Waals surface area contributed by atoms with Crippen LogP contribution in [-0.2, 0) is 9.84 Å². The minimum Gasteiger partial charge on any atom is -0.328 e. The fraction of sp³-hybridized carbons (Fsp3) is 0.600. The van der Waals surface area contributed by atoms with Crippen LogP contribution in [0.2, 0.25) is 0 Å². The number of thiophene rings is 1. The molecule has 0 saturated carbocycles. The van der Waals surface area contributed by atoms with Gasteiger partial charge in [0.2, 0.25) is 0 Å². The highest BCUT2D eigenvalue weighted by Gasteiger charge is 2.15. The van der Waals surface area contributed by atoms with Gasteiger partial charge in [0.05, 0.1) is 5.75 Å². The number of nitrogens with two attached hydrogens (primary N) is 1. The lowest BCUT2D eigenvalue weighted by molar-refractivity contribution is 0.568. The predicted octanol–water partition coefficient (Wildman–Crippen LogP) is 2.04. The Morgan fingerprint density at radius 1 is 1.53 bits per heavy atom. The normalized spacial score (nSPS) is 14.0. The zero-order chi connectivity index (χ0) is 11.3. The lowest BCUT2D eigenvalue weighted by Gasteiger charge is -2.07. The fourth-order valence-corrected chi connectivity index (χ4v) is 3.77. The molecule has 3 nitrogen and oxygen atoms in total. The molecule has 0 bridgehead atoms. The third-order valence-electron chi connectivity index (χ3n) is 2.31. The van der Waals surface area contributed by atoms with Gasteiger partial charge in [-0.3, -0.25) is 0 Å². The van der Waals surface area contributed by atoms with Gasteiger partial charge in [-0.2, -0.15) is 0 Å². The molecular weight excluding hydrogens is 230 g/mol. The van der Waals surface area contributed by atoms with Crippen molar-refractivity contribution >= 4 is 21.2 Å². The molecular formula is C10H17NO2S2. The van der Waals surface area contributed by atoms with Gasteiger partial charge in [-0.15, -0.1) is 11.3 Å². The van der Waals surface area contributed by atoms with E-state index in [9.17, 15) is 8.42 Å². The summed E-state index contributed by atoms with van der Waals surface area (Å²) in [6.45, 7) is 2.01. The molecule has 1 unspecified atom stereocenters. The van der Waals surface area contributed by atoms with Gasteiger partial charge in [0.1, 0.15) is 4.21 Å². The van der Waals surface area contributed by atoms with Crippen molar-refractivity contribution in [2.24, 2.45) is 5.73 Å². The molecule has 1 rings (SSSR count). The van der Waals surface area contributed by atoms with E-state index in [0.29, 0.717) is 10.6 Å². The Hall–Kier alpha value is -0.390. The molecule has 0 aromatic carbocycles. The highest BCUT2D eigenvalue weighted by atomic mass is 32.2. The molecule has 0 fully saturated rings. The summed E-state index contributed by atoms with van der Waals surface area (Å²) < 4.78 is 23.9. The van der Waals surface area contributed by atoms with Crippen molar-refractivity contribution in [1.82, 2.24) is 0 Å². The third-order valence-corrected chi connectivity index (χ3v) is 5.60. The Morgan fingerprint density at radius 3 is 2.80 bits per heavy atom. The Bertz CT molecular complexity index is 370. The molecule has 86 valence electrons. The summed E-state index contributed by atoms with van der Waals surface area (Å²) >= 11 is 1.28. The molecule has 0 spiro atoms. The molecule has 2 N–H and O–H groups in total. The van der Waals surface area contributed by atoms with Crippen LogP contribution in [0.5, 0.6) is 0 Å². The molecule has 1 aromatic rings. The quantitative estimate of drug-likeness (QED) is 0.837. The second-order valence-corrected chi connectivity index (χ2v) is 6.85. The lowest BCUT2D eigenvalue weighted by atomic mass is 10.1. The first kappa shape index (κ1) is 12.7. The first-order valence-corrected chi connectivity index (χ1v) is 7.61. The van der Waals surface area contributed by atoms with Crippen LogP contribution in [0.1, 0.15) is 26.2 Å². The van der Waals surface area contributed by atoms with Crippen molar-refractivity contribution in [3.05, 3.63) is 17.5 Å². The SMILES string of the molecule is CCC(N)CCCS(=O)(=O)c1cccs1. The van der Waals surface area contributed by atoms with Crippen LogP contribution in [0.15, 0.2) is 21.7 Å². The Kier molecular flexibility index (Phi) is 4.76. The summed E-state index contributed by atoms with van der Waals surface area (Å²) in [4.78, 5) is 0. The maximum absolute atomic E-state index is 11.7. The highest BCUT2D eigenvalue weighted by molar-refractivity contribution is 7.93. The van der Waals surface area contributed by atoms with Crippen LogP contribution in [0, 0.1) is 0 Å². The molecule has 1 atom stereocenters. The van der Waals surface area contributed by atoms with Crippen molar-refractivity contribution < 1.29 is 8.42 Å². The minimum atomic E-state index is -3.06. The summed E-state index contributed by atoms with van der Waals surface area (Å²) in [5.41, 5.74) is 5.73. The van der Waals surface area contributed by atoms with Crippen LogP contribution in [0.25, 0.3) is 0 Å². The number of rotatable bonds is 6. The van der Waals surface area contributed by atoms with Gasteiger partial charge in [0.15, 0.2) is 9.84 Å². The molecule has 15 heavy (non-hydrogen) atoms. The van der Waals surface area contributed by atoms with Crippen LogP contribution < -0.4 is 5.73 Å². The molecule has 1 heterocycles. The topological polar surface area (TPSA) is 60.2 Å². The van der Waals surface area contributed by atoms with E-state index in [4.69, 9.17) is 5.73 Å². The van der Waals surface area contributed by atoms with E-state index in [-0.39, 0.29) is 11.8 Å². The molecule has 0 aliphatic heterocycles. The van der Waals surface area contributed by atoms with E-state index in [1.54, 1.807) is 17.5 Å².